The third kappa shape index (κ3) is 7.17. The summed E-state index contributed by atoms with van der Waals surface area (Å²) in [5.41, 5.74) is 2.86. The van der Waals surface area contributed by atoms with Gasteiger partial charge in [-0.05, 0) is 49.2 Å². The van der Waals surface area contributed by atoms with Crippen molar-refractivity contribution in [3.63, 3.8) is 0 Å². The van der Waals surface area contributed by atoms with E-state index < -0.39 is 11.9 Å². The fourth-order valence-corrected chi connectivity index (χ4v) is 6.68. The minimum absolute atomic E-state index is 0.0709. The van der Waals surface area contributed by atoms with Gasteiger partial charge in [-0.2, -0.15) is 5.26 Å². The predicted octanol–water partition coefficient (Wildman–Crippen LogP) is 5.21. The van der Waals surface area contributed by atoms with E-state index in [1.807, 2.05) is 35.2 Å². The number of rotatable bonds is 10. The molecular weight excluding hydrogens is 623 g/mol. The molecule has 0 radical (unpaired) electrons. The Morgan fingerprint density at radius 2 is 1.89 bits per heavy atom. The summed E-state index contributed by atoms with van der Waals surface area (Å²) in [6, 6.07) is 19.2. The number of hydrogen-bond donors (Lipinski definition) is 3. The quantitative estimate of drug-likeness (QED) is 0.211. The van der Waals surface area contributed by atoms with Crippen LogP contribution in [0.15, 0.2) is 66.9 Å². The first kappa shape index (κ1) is 32.6. The molecule has 2 fully saturated rings. The predicted molar refractivity (Wildman–Crippen MR) is 179 cm³/mol. The number of anilines is 4. The Bertz CT molecular complexity index is 1800. The van der Waals surface area contributed by atoms with Gasteiger partial charge in [-0.25, -0.2) is 4.39 Å². The number of benzene rings is 3. The number of carbonyl (C=O) groups excluding carboxylic acids is 1. The topological polar surface area (TPSA) is 125 Å². The smallest absolute Gasteiger partial charge is 0.226 e. The molecule has 3 N–H and O–H groups in total. The number of nitrogens with zero attached hydrogens (tertiary/aromatic N) is 5. The third-order valence-electron chi connectivity index (χ3n) is 8.80. The standard InChI is InChI=1S/C35H36ClFN6O4/c1-47-33-16-31-28(15-32(33)40-34(46)14-25(42-12-10-27(45)21-42)19-41-11-9-26(44)20-41)35(22(17-38)18-39-31)43(23-5-3-2-4-6-23)24-7-8-30(37)29(36)13-24/h2-8,13,15-16,18,25-27,44-45H,9-12,14,19-21H2,1H3,(H,40,46). The summed E-state index contributed by atoms with van der Waals surface area (Å²) >= 11 is 6.23. The zero-order valence-electron chi connectivity index (χ0n) is 25.9. The molecule has 0 bridgehead atoms. The van der Waals surface area contributed by atoms with Crippen molar-refractivity contribution in [1.29, 1.82) is 5.26 Å². The van der Waals surface area contributed by atoms with E-state index in [2.05, 4.69) is 26.2 Å². The van der Waals surface area contributed by atoms with Crippen LogP contribution in [0.4, 0.5) is 27.1 Å². The Hall–Kier alpha value is -4.31. The van der Waals surface area contributed by atoms with Gasteiger partial charge in [-0.15, -0.1) is 0 Å². The van der Waals surface area contributed by atoms with Gasteiger partial charge in [-0.1, -0.05) is 29.8 Å². The second-order valence-corrected chi connectivity index (χ2v) is 12.4. The van der Waals surface area contributed by atoms with Crippen LogP contribution in [0.3, 0.4) is 0 Å². The third-order valence-corrected chi connectivity index (χ3v) is 9.09. The van der Waals surface area contributed by atoms with Gasteiger partial charge >= 0.3 is 0 Å². The number of aliphatic hydroxyl groups excluding tert-OH is 2. The lowest BCUT2D eigenvalue weighted by molar-refractivity contribution is -0.117. The second-order valence-electron chi connectivity index (χ2n) is 12.0. The lowest BCUT2D eigenvalue weighted by Gasteiger charge is -2.31. The van der Waals surface area contributed by atoms with Crippen LogP contribution in [-0.2, 0) is 4.79 Å². The summed E-state index contributed by atoms with van der Waals surface area (Å²) < 4.78 is 19.9. The summed E-state index contributed by atoms with van der Waals surface area (Å²) in [5, 5.41) is 34.1. The molecule has 244 valence electrons. The fourth-order valence-electron chi connectivity index (χ4n) is 6.50. The minimum Gasteiger partial charge on any atom is -0.494 e. The number of hydrogen-bond acceptors (Lipinski definition) is 9. The average Bonchev–Trinajstić information content (AvgIpc) is 3.70. The van der Waals surface area contributed by atoms with Crippen molar-refractivity contribution in [1.82, 2.24) is 14.8 Å². The first-order chi connectivity index (χ1) is 22.7. The number of amides is 1. The SMILES string of the molecule is COc1cc2ncc(C#N)c(N(c3ccccc3)c3ccc(F)c(Cl)c3)c2cc1NC(=O)CC(CN1CCC(O)C1)N1CCC(O)C1. The molecule has 3 atom stereocenters. The Balaban J connectivity index is 1.39. The number of nitrogens with one attached hydrogen (secondary N) is 1. The Kier molecular flexibility index (Phi) is 9.87. The number of para-hydroxylation sites is 1. The van der Waals surface area contributed by atoms with E-state index in [9.17, 15) is 24.7 Å². The van der Waals surface area contributed by atoms with Crippen LogP contribution in [0.25, 0.3) is 10.9 Å². The zero-order chi connectivity index (χ0) is 33.1. The Morgan fingerprint density at radius 3 is 2.55 bits per heavy atom. The number of ether oxygens (including phenoxy) is 1. The monoisotopic (exact) mass is 658 g/mol. The van der Waals surface area contributed by atoms with E-state index in [1.54, 1.807) is 18.2 Å². The van der Waals surface area contributed by atoms with Gasteiger partial charge in [0.25, 0.3) is 0 Å². The highest BCUT2D eigenvalue weighted by molar-refractivity contribution is 6.31. The fraction of sp³-hybridized carbons (Fsp3) is 0.343. The van der Waals surface area contributed by atoms with Crippen molar-refractivity contribution in [2.75, 3.05) is 50.1 Å². The highest BCUT2D eigenvalue weighted by Gasteiger charge is 2.32. The molecule has 47 heavy (non-hydrogen) atoms. The Labute approximate surface area is 277 Å². The van der Waals surface area contributed by atoms with E-state index in [0.29, 0.717) is 78.4 Å². The van der Waals surface area contributed by atoms with Gasteiger partial charge in [0.05, 0.1) is 46.8 Å². The van der Waals surface area contributed by atoms with E-state index >= 15 is 0 Å². The van der Waals surface area contributed by atoms with Gasteiger partial charge in [0.1, 0.15) is 17.6 Å². The van der Waals surface area contributed by atoms with Gasteiger partial charge in [0.15, 0.2) is 0 Å². The highest BCUT2D eigenvalue weighted by Crippen LogP contribution is 2.43. The summed E-state index contributed by atoms with van der Waals surface area (Å²) in [5.74, 6) is -0.424. The van der Waals surface area contributed by atoms with Crippen molar-refractivity contribution >= 4 is 51.2 Å². The van der Waals surface area contributed by atoms with Gasteiger partial charge < -0.3 is 25.2 Å². The molecule has 0 saturated carbocycles. The molecule has 6 rings (SSSR count). The number of halogens is 2. The van der Waals surface area contributed by atoms with E-state index in [0.717, 1.165) is 6.54 Å². The van der Waals surface area contributed by atoms with Crippen LogP contribution in [0.5, 0.6) is 5.75 Å². The number of nitriles is 1. The van der Waals surface area contributed by atoms with Crippen LogP contribution in [-0.4, -0.2) is 89.0 Å². The maximum Gasteiger partial charge on any atom is 0.226 e. The Morgan fingerprint density at radius 1 is 1.13 bits per heavy atom. The highest BCUT2D eigenvalue weighted by atomic mass is 35.5. The van der Waals surface area contributed by atoms with E-state index in [-0.39, 0.29) is 35.1 Å². The van der Waals surface area contributed by atoms with Crippen LogP contribution in [0.2, 0.25) is 5.02 Å². The molecule has 3 heterocycles. The molecule has 12 heteroatoms. The van der Waals surface area contributed by atoms with E-state index in [1.165, 1.54) is 25.4 Å². The molecule has 1 amide bonds. The number of fused-ring (bicyclic) bond motifs is 1. The summed E-state index contributed by atoms with van der Waals surface area (Å²) in [7, 11) is 1.51. The number of likely N-dealkylation sites (tertiary alicyclic amines) is 2. The first-order valence-electron chi connectivity index (χ1n) is 15.6. The molecule has 3 aromatic carbocycles. The van der Waals surface area contributed by atoms with Crippen molar-refractivity contribution in [2.24, 2.45) is 0 Å². The number of pyridine rings is 1. The molecule has 0 spiro atoms. The van der Waals surface area contributed by atoms with Gasteiger partial charge in [0.2, 0.25) is 5.91 Å². The van der Waals surface area contributed by atoms with Crippen molar-refractivity contribution < 1.29 is 24.1 Å². The maximum atomic E-state index is 14.3. The normalized spacial score (nSPS) is 19.1. The molecule has 2 aliphatic rings. The van der Waals surface area contributed by atoms with Gasteiger partial charge in [-0.3, -0.25) is 19.6 Å². The molecule has 2 saturated heterocycles. The number of aliphatic hydroxyl groups is 2. The molecule has 2 aliphatic heterocycles. The molecule has 3 unspecified atom stereocenters. The average molecular weight is 659 g/mol. The number of β-amino-alcohol motifs (C(OH)–C–C–N with tert-alkyl or cyclic N) is 2. The first-order valence-corrected chi connectivity index (χ1v) is 15.9. The molecule has 1 aromatic heterocycles. The summed E-state index contributed by atoms with van der Waals surface area (Å²) in [6.45, 7) is 3.08. The number of aromatic nitrogens is 1. The molecular formula is C35H36ClFN6O4. The van der Waals surface area contributed by atoms with Crippen molar-refractivity contribution in [2.45, 2.75) is 37.5 Å². The second kappa shape index (κ2) is 14.2. The number of methoxy groups -OCH3 is 1. The van der Waals surface area contributed by atoms with Crippen LogP contribution < -0.4 is 15.0 Å². The summed E-state index contributed by atoms with van der Waals surface area (Å²) in [6.07, 6.45) is 2.16. The molecule has 4 aromatic rings. The van der Waals surface area contributed by atoms with Gasteiger partial charge in [0, 0.05) is 74.2 Å². The largest absolute Gasteiger partial charge is 0.494 e. The van der Waals surface area contributed by atoms with Crippen LogP contribution >= 0.6 is 11.6 Å². The minimum atomic E-state index is -0.569. The zero-order valence-corrected chi connectivity index (χ0v) is 26.7. The lowest BCUT2D eigenvalue weighted by atomic mass is 10.0. The molecule has 10 nitrogen and oxygen atoms in total. The maximum absolute atomic E-state index is 14.3. The van der Waals surface area contributed by atoms with Crippen molar-refractivity contribution in [3.05, 3.63) is 83.3 Å². The van der Waals surface area contributed by atoms with Crippen LogP contribution in [0.1, 0.15) is 24.8 Å². The molecule has 0 aliphatic carbocycles. The van der Waals surface area contributed by atoms with Crippen molar-refractivity contribution in [3.8, 4) is 11.8 Å². The lowest BCUT2D eigenvalue weighted by Crippen LogP contribution is -2.45. The number of carbonyl (C=O) groups is 1. The van der Waals surface area contributed by atoms with E-state index in [4.69, 9.17) is 16.3 Å². The summed E-state index contributed by atoms with van der Waals surface area (Å²) in [4.78, 5) is 24.3. The van der Waals surface area contributed by atoms with Crippen LogP contribution in [0, 0.1) is 17.1 Å².